The van der Waals surface area contributed by atoms with E-state index in [4.69, 9.17) is 9.26 Å². The van der Waals surface area contributed by atoms with Crippen molar-refractivity contribution in [2.24, 2.45) is 0 Å². The van der Waals surface area contributed by atoms with Gasteiger partial charge in [-0.05, 0) is 43.3 Å². The summed E-state index contributed by atoms with van der Waals surface area (Å²) in [4.78, 5) is 22.7. The predicted octanol–water partition coefficient (Wildman–Crippen LogP) is 3.96. The Kier molecular flexibility index (Phi) is 4.70. The van der Waals surface area contributed by atoms with Crippen LogP contribution >= 0.6 is 0 Å². The van der Waals surface area contributed by atoms with Gasteiger partial charge in [-0.25, -0.2) is 9.18 Å². The topological polar surface area (TPSA) is 69.4 Å². The van der Waals surface area contributed by atoms with Crippen molar-refractivity contribution < 1.29 is 23.2 Å². The molecule has 0 aliphatic rings. The Bertz CT molecular complexity index is 898. The summed E-state index contributed by atoms with van der Waals surface area (Å²) in [5.41, 5.74) is 2.71. The molecular formula is C19H14FNO4. The first-order valence-electron chi connectivity index (χ1n) is 7.52. The van der Waals surface area contributed by atoms with Gasteiger partial charge in [0.05, 0.1) is 5.56 Å². The van der Waals surface area contributed by atoms with Crippen LogP contribution in [0.2, 0.25) is 0 Å². The van der Waals surface area contributed by atoms with E-state index < -0.39 is 5.97 Å². The van der Waals surface area contributed by atoms with Crippen LogP contribution in [0.15, 0.2) is 53.1 Å². The molecule has 0 saturated carbocycles. The maximum absolute atomic E-state index is 13.0. The number of carbonyl (C=O) groups is 2. The van der Waals surface area contributed by atoms with Crippen LogP contribution in [0, 0.1) is 12.7 Å². The van der Waals surface area contributed by atoms with Gasteiger partial charge in [-0.15, -0.1) is 0 Å². The van der Waals surface area contributed by atoms with Gasteiger partial charge in [0.15, 0.2) is 5.76 Å². The molecule has 6 heteroatoms. The van der Waals surface area contributed by atoms with Gasteiger partial charge < -0.3 is 9.26 Å². The highest BCUT2D eigenvalue weighted by molar-refractivity contribution is 5.90. The Balaban J connectivity index is 1.70. The van der Waals surface area contributed by atoms with Crippen LogP contribution in [0.4, 0.5) is 4.39 Å². The number of aldehydes is 1. The summed E-state index contributed by atoms with van der Waals surface area (Å²) >= 11 is 0. The molecule has 0 amide bonds. The van der Waals surface area contributed by atoms with Crippen molar-refractivity contribution in [2.75, 3.05) is 0 Å². The number of rotatable bonds is 5. The van der Waals surface area contributed by atoms with Crippen molar-refractivity contribution in [1.82, 2.24) is 5.16 Å². The summed E-state index contributed by atoms with van der Waals surface area (Å²) in [6, 6.07) is 12.0. The number of ether oxygens (including phenoxy) is 1. The molecular weight excluding hydrogens is 325 g/mol. The predicted molar refractivity (Wildman–Crippen MR) is 87.6 cm³/mol. The van der Waals surface area contributed by atoms with E-state index in [0.29, 0.717) is 34.4 Å². The molecule has 126 valence electrons. The minimum atomic E-state index is -0.525. The van der Waals surface area contributed by atoms with E-state index in [1.165, 1.54) is 36.4 Å². The Morgan fingerprint density at radius 3 is 2.48 bits per heavy atom. The Morgan fingerprint density at radius 1 is 1.16 bits per heavy atom. The summed E-state index contributed by atoms with van der Waals surface area (Å²) in [5, 5.41) is 3.92. The number of esters is 1. The maximum Gasteiger partial charge on any atom is 0.338 e. The molecule has 3 aromatic rings. The maximum atomic E-state index is 13.0. The van der Waals surface area contributed by atoms with Crippen LogP contribution in [0.5, 0.6) is 0 Å². The van der Waals surface area contributed by atoms with Crippen LogP contribution in [0.3, 0.4) is 0 Å². The smallest absolute Gasteiger partial charge is 0.338 e. The highest BCUT2D eigenvalue weighted by atomic mass is 19.1. The third-order valence-electron chi connectivity index (χ3n) is 3.75. The fourth-order valence-corrected chi connectivity index (χ4v) is 2.29. The SMILES string of the molecule is Cc1c(COC(=O)c2ccc(C=O)cc2)noc1-c1ccc(F)cc1. The normalized spacial score (nSPS) is 10.5. The molecule has 1 aromatic heterocycles. The third kappa shape index (κ3) is 3.63. The molecule has 0 bridgehead atoms. The van der Waals surface area contributed by atoms with Gasteiger partial charge in [-0.2, -0.15) is 0 Å². The van der Waals surface area contributed by atoms with Crippen LogP contribution in [-0.4, -0.2) is 17.4 Å². The van der Waals surface area contributed by atoms with Crippen LogP contribution in [0.25, 0.3) is 11.3 Å². The summed E-state index contributed by atoms with van der Waals surface area (Å²) in [5.74, 6) is -0.361. The highest BCUT2D eigenvalue weighted by Gasteiger charge is 2.16. The second kappa shape index (κ2) is 7.09. The minimum absolute atomic E-state index is 0.0508. The quantitative estimate of drug-likeness (QED) is 0.520. The fraction of sp³-hybridized carbons (Fsp3) is 0.105. The van der Waals surface area contributed by atoms with Crippen molar-refractivity contribution in [3.63, 3.8) is 0 Å². The number of nitrogens with zero attached hydrogens (tertiary/aromatic N) is 1. The van der Waals surface area contributed by atoms with E-state index in [2.05, 4.69) is 5.16 Å². The zero-order chi connectivity index (χ0) is 17.8. The first-order chi connectivity index (χ1) is 12.1. The van der Waals surface area contributed by atoms with Crippen molar-refractivity contribution >= 4 is 12.3 Å². The summed E-state index contributed by atoms with van der Waals surface area (Å²) in [6.45, 7) is 1.74. The molecule has 0 saturated heterocycles. The van der Waals surface area contributed by atoms with Crippen LogP contribution < -0.4 is 0 Å². The molecule has 0 N–H and O–H groups in total. The van der Waals surface area contributed by atoms with Gasteiger partial charge in [0.2, 0.25) is 0 Å². The molecule has 25 heavy (non-hydrogen) atoms. The number of hydrogen-bond acceptors (Lipinski definition) is 5. The molecule has 0 atom stereocenters. The van der Waals surface area contributed by atoms with E-state index >= 15 is 0 Å². The lowest BCUT2D eigenvalue weighted by Crippen LogP contribution is -2.06. The van der Waals surface area contributed by atoms with E-state index in [1.807, 2.05) is 0 Å². The number of benzene rings is 2. The lowest BCUT2D eigenvalue weighted by Gasteiger charge is -2.03. The lowest BCUT2D eigenvalue weighted by atomic mass is 10.1. The molecule has 0 fully saturated rings. The average Bonchev–Trinajstić information content (AvgIpc) is 3.01. The van der Waals surface area contributed by atoms with Gasteiger partial charge >= 0.3 is 5.97 Å². The third-order valence-corrected chi connectivity index (χ3v) is 3.75. The zero-order valence-electron chi connectivity index (χ0n) is 13.4. The second-order valence-electron chi connectivity index (χ2n) is 5.41. The van der Waals surface area contributed by atoms with E-state index in [9.17, 15) is 14.0 Å². The van der Waals surface area contributed by atoms with Crippen molar-refractivity contribution in [2.45, 2.75) is 13.5 Å². The molecule has 3 rings (SSSR count). The number of carbonyl (C=O) groups excluding carboxylic acids is 2. The number of aromatic nitrogens is 1. The summed E-state index contributed by atoms with van der Waals surface area (Å²) < 4.78 is 23.5. The number of hydrogen-bond donors (Lipinski definition) is 0. The van der Waals surface area contributed by atoms with Crippen molar-refractivity contribution in [3.8, 4) is 11.3 Å². The molecule has 0 unspecified atom stereocenters. The van der Waals surface area contributed by atoms with Crippen LogP contribution in [-0.2, 0) is 11.3 Å². The number of halogens is 1. The largest absolute Gasteiger partial charge is 0.455 e. The zero-order valence-corrected chi connectivity index (χ0v) is 13.4. The molecule has 1 heterocycles. The molecule has 0 radical (unpaired) electrons. The molecule has 0 spiro atoms. The van der Waals surface area contributed by atoms with E-state index in [1.54, 1.807) is 19.1 Å². The Labute approximate surface area is 143 Å². The van der Waals surface area contributed by atoms with Crippen molar-refractivity contribution in [1.29, 1.82) is 0 Å². The Hall–Kier alpha value is -3.28. The van der Waals surface area contributed by atoms with Gasteiger partial charge in [-0.1, -0.05) is 17.3 Å². The molecule has 5 nitrogen and oxygen atoms in total. The van der Waals surface area contributed by atoms with Crippen molar-refractivity contribution in [3.05, 3.63) is 76.7 Å². The minimum Gasteiger partial charge on any atom is -0.455 e. The van der Waals surface area contributed by atoms with E-state index in [0.717, 1.165) is 5.56 Å². The summed E-state index contributed by atoms with van der Waals surface area (Å²) in [6.07, 6.45) is 0.699. The Morgan fingerprint density at radius 2 is 1.84 bits per heavy atom. The fourth-order valence-electron chi connectivity index (χ4n) is 2.29. The van der Waals surface area contributed by atoms with Gasteiger partial charge in [0.1, 0.15) is 24.4 Å². The van der Waals surface area contributed by atoms with Gasteiger partial charge in [0, 0.05) is 16.7 Å². The molecule has 0 aliphatic carbocycles. The van der Waals surface area contributed by atoms with Gasteiger partial charge in [-0.3, -0.25) is 4.79 Å². The summed E-state index contributed by atoms with van der Waals surface area (Å²) in [7, 11) is 0. The standard InChI is InChI=1S/C19H14FNO4/c1-12-17(21-25-18(12)14-6-8-16(20)9-7-14)11-24-19(23)15-4-2-13(10-22)3-5-15/h2-10H,11H2,1H3. The monoisotopic (exact) mass is 339 g/mol. The van der Waals surface area contributed by atoms with Crippen LogP contribution in [0.1, 0.15) is 32.0 Å². The molecule has 2 aromatic carbocycles. The van der Waals surface area contributed by atoms with E-state index in [-0.39, 0.29) is 12.4 Å². The first kappa shape index (κ1) is 16.6. The molecule has 0 aliphatic heterocycles. The second-order valence-corrected chi connectivity index (χ2v) is 5.41. The highest BCUT2D eigenvalue weighted by Crippen LogP contribution is 2.26. The first-order valence-corrected chi connectivity index (χ1v) is 7.52. The average molecular weight is 339 g/mol. The lowest BCUT2D eigenvalue weighted by molar-refractivity contribution is 0.0463. The van der Waals surface area contributed by atoms with Gasteiger partial charge in [0.25, 0.3) is 0 Å².